The molecule has 0 heterocycles. The van der Waals surface area contributed by atoms with Gasteiger partial charge in [0, 0.05) is 11.1 Å². The van der Waals surface area contributed by atoms with Crippen LogP contribution in [0.3, 0.4) is 0 Å². The van der Waals surface area contributed by atoms with Crippen LogP contribution in [0.2, 0.25) is 5.02 Å². The summed E-state index contributed by atoms with van der Waals surface area (Å²) in [5.74, 6) is 6.52. The Bertz CT molecular complexity index is 574. The van der Waals surface area contributed by atoms with Gasteiger partial charge in [0.15, 0.2) is 0 Å². The van der Waals surface area contributed by atoms with E-state index in [-0.39, 0.29) is 6.04 Å². The van der Waals surface area contributed by atoms with E-state index in [0.29, 0.717) is 6.61 Å². The van der Waals surface area contributed by atoms with E-state index in [1.54, 1.807) is 0 Å². The van der Waals surface area contributed by atoms with Crippen LogP contribution in [0, 0.1) is 6.92 Å². The fraction of sp³-hybridized carbons (Fsp3) is 0.294. The predicted octanol–water partition coefficient (Wildman–Crippen LogP) is 3.49. The van der Waals surface area contributed by atoms with Crippen molar-refractivity contribution in [2.75, 3.05) is 6.61 Å². The summed E-state index contributed by atoms with van der Waals surface area (Å²) in [7, 11) is 0. The number of ether oxygens (including phenoxy) is 1. The number of halogens is 1. The zero-order valence-electron chi connectivity index (χ0n) is 12.2. The summed E-state index contributed by atoms with van der Waals surface area (Å²) in [4.78, 5) is 0. The van der Waals surface area contributed by atoms with Gasteiger partial charge in [0.1, 0.15) is 5.75 Å². The fourth-order valence-electron chi connectivity index (χ4n) is 2.20. The Morgan fingerprint density at radius 1 is 1.19 bits per heavy atom. The summed E-state index contributed by atoms with van der Waals surface area (Å²) in [6, 6.07) is 16.0. The molecule has 0 aliphatic rings. The van der Waals surface area contributed by atoms with Crippen LogP contribution < -0.4 is 16.0 Å². The Morgan fingerprint density at radius 3 is 2.71 bits per heavy atom. The van der Waals surface area contributed by atoms with Crippen LogP contribution in [-0.2, 0) is 6.42 Å². The Morgan fingerprint density at radius 2 is 2.00 bits per heavy atom. The molecule has 0 spiro atoms. The molecular formula is C17H21ClN2O. The van der Waals surface area contributed by atoms with Crippen LogP contribution in [0.25, 0.3) is 0 Å². The minimum Gasteiger partial charge on any atom is -0.494 e. The van der Waals surface area contributed by atoms with Crippen molar-refractivity contribution in [3.05, 3.63) is 64.7 Å². The lowest BCUT2D eigenvalue weighted by Gasteiger charge is -2.17. The molecule has 3 N–H and O–H groups in total. The standard InChI is InChI=1S/C17H21ClN2O/c1-13-5-4-7-16(11-13)21-10-9-15(20-19)12-14-6-2-3-8-17(14)18/h2-8,11,15,20H,9-10,12,19H2,1H3. The number of aryl methyl sites for hydroxylation is 1. The molecular weight excluding hydrogens is 284 g/mol. The maximum Gasteiger partial charge on any atom is 0.119 e. The molecule has 2 aromatic carbocycles. The number of nitrogens with one attached hydrogen (secondary N) is 1. The highest BCUT2D eigenvalue weighted by atomic mass is 35.5. The molecule has 0 saturated carbocycles. The zero-order chi connectivity index (χ0) is 15.1. The minimum atomic E-state index is 0.134. The minimum absolute atomic E-state index is 0.134. The van der Waals surface area contributed by atoms with Gasteiger partial charge in [0.05, 0.1) is 6.61 Å². The van der Waals surface area contributed by atoms with Gasteiger partial charge in [-0.3, -0.25) is 11.3 Å². The first-order chi connectivity index (χ1) is 10.2. The second-order valence-electron chi connectivity index (χ2n) is 5.11. The van der Waals surface area contributed by atoms with Crippen LogP contribution in [-0.4, -0.2) is 12.6 Å². The third kappa shape index (κ3) is 5.05. The van der Waals surface area contributed by atoms with Crippen molar-refractivity contribution in [1.82, 2.24) is 5.43 Å². The molecule has 0 fully saturated rings. The summed E-state index contributed by atoms with van der Waals surface area (Å²) < 4.78 is 5.76. The molecule has 2 aromatic rings. The molecule has 0 radical (unpaired) electrons. The monoisotopic (exact) mass is 304 g/mol. The van der Waals surface area contributed by atoms with Gasteiger partial charge < -0.3 is 4.74 Å². The molecule has 1 atom stereocenters. The van der Waals surface area contributed by atoms with E-state index < -0.39 is 0 Å². The van der Waals surface area contributed by atoms with Crippen LogP contribution >= 0.6 is 11.6 Å². The van der Waals surface area contributed by atoms with Gasteiger partial charge in [0.2, 0.25) is 0 Å². The van der Waals surface area contributed by atoms with Gasteiger partial charge >= 0.3 is 0 Å². The summed E-state index contributed by atoms with van der Waals surface area (Å²) >= 11 is 6.17. The van der Waals surface area contributed by atoms with Crippen molar-refractivity contribution in [2.45, 2.75) is 25.8 Å². The molecule has 0 saturated heterocycles. The second-order valence-corrected chi connectivity index (χ2v) is 5.52. The molecule has 3 nitrogen and oxygen atoms in total. The van der Waals surface area contributed by atoms with Crippen molar-refractivity contribution < 1.29 is 4.74 Å². The highest BCUT2D eigenvalue weighted by Crippen LogP contribution is 2.18. The molecule has 0 aliphatic carbocycles. The first kappa shape index (κ1) is 15.8. The number of hydrazine groups is 1. The first-order valence-corrected chi connectivity index (χ1v) is 7.46. The molecule has 0 amide bonds. The Hall–Kier alpha value is -1.55. The van der Waals surface area contributed by atoms with E-state index in [1.165, 1.54) is 5.56 Å². The Kier molecular flexibility index (Phi) is 6.05. The predicted molar refractivity (Wildman–Crippen MR) is 87.6 cm³/mol. The van der Waals surface area contributed by atoms with E-state index >= 15 is 0 Å². The smallest absolute Gasteiger partial charge is 0.119 e. The molecule has 112 valence electrons. The van der Waals surface area contributed by atoms with Crippen LogP contribution in [0.15, 0.2) is 48.5 Å². The number of rotatable bonds is 7. The van der Waals surface area contributed by atoms with E-state index in [4.69, 9.17) is 22.2 Å². The van der Waals surface area contributed by atoms with Gasteiger partial charge in [-0.1, -0.05) is 41.9 Å². The van der Waals surface area contributed by atoms with Crippen LogP contribution in [0.4, 0.5) is 0 Å². The molecule has 21 heavy (non-hydrogen) atoms. The van der Waals surface area contributed by atoms with E-state index in [9.17, 15) is 0 Å². The van der Waals surface area contributed by atoms with E-state index in [0.717, 1.165) is 29.2 Å². The van der Waals surface area contributed by atoms with Gasteiger partial charge in [-0.05, 0) is 49.1 Å². The average Bonchev–Trinajstić information content (AvgIpc) is 2.48. The summed E-state index contributed by atoms with van der Waals surface area (Å²) in [5.41, 5.74) is 5.12. The van der Waals surface area contributed by atoms with Crippen molar-refractivity contribution in [3.63, 3.8) is 0 Å². The summed E-state index contributed by atoms with van der Waals surface area (Å²) in [6.07, 6.45) is 1.60. The van der Waals surface area contributed by atoms with Gasteiger partial charge in [-0.15, -0.1) is 0 Å². The summed E-state index contributed by atoms with van der Waals surface area (Å²) in [5, 5.41) is 0.775. The highest BCUT2D eigenvalue weighted by Gasteiger charge is 2.10. The van der Waals surface area contributed by atoms with Gasteiger partial charge in [0.25, 0.3) is 0 Å². The normalized spacial score (nSPS) is 12.1. The summed E-state index contributed by atoms with van der Waals surface area (Å²) in [6.45, 7) is 2.66. The van der Waals surface area contributed by atoms with Crippen molar-refractivity contribution >= 4 is 11.6 Å². The van der Waals surface area contributed by atoms with Crippen LogP contribution in [0.5, 0.6) is 5.75 Å². The maximum absolute atomic E-state index is 6.17. The lowest BCUT2D eigenvalue weighted by Crippen LogP contribution is -2.38. The number of hydrogen-bond acceptors (Lipinski definition) is 3. The third-order valence-corrected chi connectivity index (χ3v) is 3.75. The third-order valence-electron chi connectivity index (χ3n) is 3.38. The van der Waals surface area contributed by atoms with Crippen molar-refractivity contribution in [3.8, 4) is 5.75 Å². The molecule has 0 aliphatic heterocycles. The zero-order valence-corrected chi connectivity index (χ0v) is 12.9. The molecule has 1 unspecified atom stereocenters. The topological polar surface area (TPSA) is 47.3 Å². The lowest BCUT2D eigenvalue weighted by atomic mass is 10.0. The van der Waals surface area contributed by atoms with Crippen molar-refractivity contribution in [1.29, 1.82) is 0 Å². The Balaban J connectivity index is 1.84. The average molecular weight is 305 g/mol. The molecule has 2 rings (SSSR count). The first-order valence-electron chi connectivity index (χ1n) is 7.08. The van der Waals surface area contributed by atoms with Gasteiger partial charge in [-0.25, -0.2) is 0 Å². The van der Waals surface area contributed by atoms with Gasteiger partial charge in [-0.2, -0.15) is 0 Å². The Labute approximate surface area is 131 Å². The largest absolute Gasteiger partial charge is 0.494 e. The SMILES string of the molecule is Cc1cccc(OCCC(Cc2ccccc2Cl)NN)c1. The van der Waals surface area contributed by atoms with Crippen molar-refractivity contribution in [2.24, 2.45) is 5.84 Å². The quantitative estimate of drug-likeness (QED) is 0.608. The fourth-order valence-corrected chi connectivity index (χ4v) is 2.41. The molecule has 0 bridgehead atoms. The number of nitrogens with two attached hydrogens (primary N) is 1. The number of hydrogen-bond donors (Lipinski definition) is 2. The maximum atomic E-state index is 6.17. The van der Waals surface area contributed by atoms with E-state index in [2.05, 4.69) is 18.4 Å². The highest BCUT2D eigenvalue weighted by molar-refractivity contribution is 6.31. The second kappa shape index (κ2) is 8.03. The lowest BCUT2D eigenvalue weighted by molar-refractivity contribution is 0.285. The number of benzene rings is 2. The molecule has 4 heteroatoms. The molecule has 0 aromatic heterocycles. The van der Waals surface area contributed by atoms with Crippen LogP contribution in [0.1, 0.15) is 17.5 Å². The van der Waals surface area contributed by atoms with E-state index in [1.807, 2.05) is 42.5 Å².